The fraction of sp³-hybridized carbons (Fsp3) is 0.184. The summed E-state index contributed by atoms with van der Waals surface area (Å²) in [5, 5.41) is 0. The fourth-order valence-electron chi connectivity index (χ4n) is 5.42. The minimum atomic E-state index is -0.252. The molecule has 214 valence electrons. The van der Waals surface area contributed by atoms with Gasteiger partial charge in [-0.1, -0.05) is 98.3 Å². The highest BCUT2D eigenvalue weighted by Crippen LogP contribution is 2.38. The van der Waals surface area contributed by atoms with Gasteiger partial charge in [0, 0.05) is 16.7 Å². The molecule has 0 saturated heterocycles. The Balaban J connectivity index is 1.41. The molecule has 4 aromatic carbocycles. The van der Waals surface area contributed by atoms with E-state index in [-0.39, 0.29) is 24.8 Å². The number of amides is 1. The lowest BCUT2D eigenvalue weighted by atomic mass is 9.97. The number of Topliss-reactive ketones (excluding diaryl/α,β-unsaturated/α-hetero) is 1. The van der Waals surface area contributed by atoms with Crippen molar-refractivity contribution in [2.45, 2.75) is 27.2 Å². The number of carbonyl (C=O) groups is 2. The summed E-state index contributed by atoms with van der Waals surface area (Å²) in [6, 6.07) is 36.1. The number of carbonyl (C=O) groups excluding carboxylic acids is 2. The SMILES string of the molecule is Cc1ccc(-c2cc(-c3ccc(CC(C)C)cc3)nc(-c3ccc4c(c3)N(CC(=O)c3ccccc3)C(=O)CO4)c2)cc1. The largest absolute Gasteiger partial charge is 0.482 e. The number of ether oxygens (including phenoxy) is 1. The van der Waals surface area contributed by atoms with Gasteiger partial charge in [0.2, 0.25) is 0 Å². The second-order valence-corrected chi connectivity index (χ2v) is 11.5. The average molecular weight is 567 g/mol. The first kappa shape index (κ1) is 28.1. The third-order valence-electron chi connectivity index (χ3n) is 7.70. The van der Waals surface area contributed by atoms with E-state index in [1.54, 1.807) is 12.1 Å². The van der Waals surface area contributed by atoms with Crippen molar-refractivity contribution in [1.82, 2.24) is 4.98 Å². The molecule has 0 saturated carbocycles. The Labute approximate surface area is 252 Å². The molecule has 5 aromatic rings. The van der Waals surface area contributed by atoms with Crippen LogP contribution in [0, 0.1) is 12.8 Å². The summed E-state index contributed by atoms with van der Waals surface area (Å²) in [6.07, 6.45) is 1.03. The minimum Gasteiger partial charge on any atom is -0.482 e. The van der Waals surface area contributed by atoms with E-state index in [0.29, 0.717) is 22.9 Å². The zero-order chi connectivity index (χ0) is 29.9. The van der Waals surface area contributed by atoms with E-state index in [0.717, 1.165) is 40.1 Å². The van der Waals surface area contributed by atoms with Gasteiger partial charge in [0.1, 0.15) is 5.75 Å². The van der Waals surface area contributed by atoms with E-state index in [1.165, 1.54) is 16.0 Å². The molecule has 1 amide bonds. The van der Waals surface area contributed by atoms with Crippen LogP contribution >= 0.6 is 0 Å². The summed E-state index contributed by atoms with van der Waals surface area (Å²) in [6.45, 7) is 6.36. The Hall–Kier alpha value is -5.03. The maximum absolute atomic E-state index is 13.1. The van der Waals surface area contributed by atoms with Gasteiger partial charge in [-0.25, -0.2) is 4.98 Å². The van der Waals surface area contributed by atoms with Gasteiger partial charge in [0.25, 0.3) is 5.91 Å². The van der Waals surface area contributed by atoms with Gasteiger partial charge in [0.15, 0.2) is 12.4 Å². The minimum absolute atomic E-state index is 0.0620. The average Bonchev–Trinajstić information content (AvgIpc) is 3.03. The van der Waals surface area contributed by atoms with E-state index in [4.69, 9.17) is 9.72 Å². The number of aromatic nitrogens is 1. The second-order valence-electron chi connectivity index (χ2n) is 11.5. The summed E-state index contributed by atoms with van der Waals surface area (Å²) < 4.78 is 5.76. The predicted octanol–water partition coefficient (Wildman–Crippen LogP) is 8.20. The highest BCUT2D eigenvalue weighted by atomic mass is 16.5. The van der Waals surface area contributed by atoms with Gasteiger partial charge in [-0.15, -0.1) is 0 Å². The Bertz CT molecular complexity index is 1780. The van der Waals surface area contributed by atoms with E-state index in [1.807, 2.05) is 36.4 Å². The molecule has 2 heterocycles. The van der Waals surface area contributed by atoms with Crippen molar-refractivity contribution in [3.8, 4) is 39.4 Å². The summed E-state index contributed by atoms with van der Waals surface area (Å²) in [5.74, 6) is 0.773. The van der Waals surface area contributed by atoms with Crippen molar-refractivity contribution >= 4 is 17.4 Å². The van der Waals surface area contributed by atoms with Crippen LogP contribution in [0.25, 0.3) is 33.6 Å². The van der Waals surface area contributed by atoms with Gasteiger partial charge < -0.3 is 4.74 Å². The van der Waals surface area contributed by atoms with Gasteiger partial charge in [0.05, 0.1) is 23.6 Å². The van der Waals surface area contributed by atoms with Crippen molar-refractivity contribution in [3.05, 3.63) is 126 Å². The van der Waals surface area contributed by atoms with Gasteiger partial charge in [-0.2, -0.15) is 0 Å². The molecule has 1 aliphatic heterocycles. The molecule has 6 rings (SSSR count). The predicted molar refractivity (Wildman–Crippen MR) is 172 cm³/mol. The van der Waals surface area contributed by atoms with Crippen LogP contribution in [0.15, 0.2) is 109 Å². The third kappa shape index (κ3) is 6.26. The molecule has 0 spiro atoms. The first-order chi connectivity index (χ1) is 20.8. The first-order valence-electron chi connectivity index (χ1n) is 14.7. The van der Waals surface area contributed by atoms with Crippen LogP contribution in [0.5, 0.6) is 5.75 Å². The maximum Gasteiger partial charge on any atom is 0.265 e. The smallest absolute Gasteiger partial charge is 0.265 e. The number of aryl methyl sites for hydroxylation is 1. The van der Waals surface area contributed by atoms with E-state index in [2.05, 4.69) is 81.4 Å². The molecule has 0 N–H and O–H groups in total. The van der Waals surface area contributed by atoms with Gasteiger partial charge in [-0.05, 0) is 66.3 Å². The summed E-state index contributed by atoms with van der Waals surface area (Å²) in [4.78, 5) is 32.7. The number of nitrogens with zero attached hydrogens (tertiary/aromatic N) is 2. The highest BCUT2D eigenvalue weighted by molar-refractivity contribution is 6.07. The zero-order valence-electron chi connectivity index (χ0n) is 24.7. The maximum atomic E-state index is 13.1. The molecule has 0 unspecified atom stereocenters. The third-order valence-corrected chi connectivity index (χ3v) is 7.70. The van der Waals surface area contributed by atoms with Crippen LogP contribution in [0.3, 0.4) is 0 Å². The lowest BCUT2D eigenvalue weighted by Gasteiger charge is -2.29. The van der Waals surface area contributed by atoms with Crippen LogP contribution in [0.1, 0.15) is 35.3 Å². The number of rotatable bonds is 8. The molecule has 1 aromatic heterocycles. The van der Waals surface area contributed by atoms with Crippen molar-refractivity contribution in [1.29, 1.82) is 0 Å². The standard InChI is InChI=1S/C38H34N2O3/c1-25(2)19-27-11-15-29(16-12-27)33-20-32(28-13-9-26(3)10-14-28)21-34(39-33)31-17-18-37-35(22-31)40(38(42)24-43-37)23-36(41)30-7-5-4-6-8-30/h4-18,20-22,25H,19,23-24H2,1-3H3. The van der Waals surface area contributed by atoms with E-state index >= 15 is 0 Å². The Morgan fingerprint density at radius 3 is 2.14 bits per heavy atom. The van der Waals surface area contributed by atoms with Crippen LogP contribution in [0.4, 0.5) is 5.69 Å². The van der Waals surface area contributed by atoms with Crippen molar-refractivity contribution in [3.63, 3.8) is 0 Å². The number of benzene rings is 4. The van der Waals surface area contributed by atoms with Crippen molar-refractivity contribution in [2.24, 2.45) is 5.92 Å². The molecular weight excluding hydrogens is 532 g/mol. The van der Waals surface area contributed by atoms with Gasteiger partial charge >= 0.3 is 0 Å². The number of hydrogen-bond acceptors (Lipinski definition) is 4. The van der Waals surface area contributed by atoms with Crippen LogP contribution in [-0.2, 0) is 11.2 Å². The topological polar surface area (TPSA) is 59.5 Å². The van der Waals surface area contributed by atoms with Gasteiger partial charge in [-0.3, -0.25) is 14.5 Å². The fourth-order valence-corrected chi connectivity index (χ4v) is 5.42. The molecule has 0 bridgehead atoms. The zero-order valence-corrected chi connectivity index (χ0v) is 24.7. The van der Waals surface area contributed by atoms with Crippen LogP contribution in [0.2, 0.25) is 0 Å². The molecule has 43 heavy (non-hydrogen) atoms. The first-order valence-corrected chi connectivity index (χ1v) is 14.7. The number of anilines is 1. The molecule has 0 atom stereocenters. The summed E-state index contributed by atoms with van der Waals surface area (Å²) >= 11 is 0. The number of hydrogen-bond donors (Lipinski definition) is 0. The molecule has 0 fully saturated rings. The van der Waals surface area contributed by atoms with E-state index in [9.17, 15) is 9.59 Å². The Kier molecular flexibility index (Phi) is 7.89. The van der Waals surface area contributed by atoms with Crippen LogP contribution in [-0.4, -0.2) is 29.8 Å². The van der Waals surface area contributed by atoms with Crippen molar-refractivity contribution in [2.75, 3.05) is 18.1 Å². The number of fused-ring (bicyclic) bond motifs is 1. The molecule has 1 aliphatic rings. The molecule has 5 heteroatoms. The number of ketones is 1. The summed E-state index contributed by atoms with van der Waals surface area (Å²) in [7, 11) is 0. The second kappa shape index (κ2) is 12.1. The Morgan fingerprint density at radius 2 is 1.44 bits per heavy atom. The van der Waals surface area contributed by atoms with Crippen LogP contribution < -0.4 is 9.64 Å². The normalized spacial score (nSPS) is 12.7. The monoisotopic (exact) mass is 566 g/mol. The molecular formula is C38H34N2O3. The molecule has 5 nitrogen and oxygen atoms in total. The number of pyridine rings is 1. The molecule has 0 aliphatic carbocycles. The Morgan fingerprint density at radius 1 is 0.791 bits per heavy atom. The lowest BCUT2D eigenvalue weighted by Crippen LogP contribution is -2.42. The van der Waals surface area contributed by atoms with Crippen molar-refractivity contribution < 1.29 is 14.3 Å². The summed E-state index contributed by atoms with van der Waals surface area (Å²) in [5.41, 5.74) is 9.29. The van der Waals surface area contributed by atoms with E-state index < -0.39 is 0 Å². The quantitative estimate of drug-likeness (QED) is 0.178. The molecule has 0 radical (unpaired) electrons. The lowest BCUT2D eigenvalue weighted by molar-refractivity contribution is -0.121. The highest BCUT2D eigenvalue weighted by Gasteiger charge is 2.28.